The Kier molecular flexibility index (Phi) is 10.4. The minimum absolute atomic E-state index is 0.381. The maximum Gasteiger partial charge on any atom is 0.343 e. The van der Waals surface area contributed by atoms with Crippen LogP contribution >= 0.6 is 0 Å². The molecule has 16 N–H and O–H groups in total. The van der Waals surface area contributed by atoms with Gasteiger partial charge in [0.15, 0.2) is 75.5 Å². The lowest BCUT2D eigenvalue weighted by atomic mass is 9.90. The van der Waals surface area contributed by atoms with E-state index in [1.54, 1.807) is 0 Å². The zero-order valence-corrected chi connectivity index (χ0v) is 33.1. The number of ether oxygens (including phenoxy) is 6. The summed E-state index contributed by atoms with van der Waals surface area (Å²) in [6.07, 6.45) is -12.5. The number of benzene rings is 5. The molecule has 0 amide bonds. The first-order valence-electron chi connectivity index (χ1n) is 18.7. The Balaban J connectivity index is 1.38. The van der Waals surface area contributed by atoms with Crippen molar-refractivity contribution in [2.45, 2.75) is 30.7 Å². The minimum Gasteiger partial charge on any atom is -0.504 e. The third-order valence-electron chi connectivity index (χ3n) is 10.8. The van der Waals surface area contributed by atoms with Gasteiger partial charge in [0.25, 0.3) is 0 Å². The number of aromatic hydroxyl groups is 16. The molecular formula is C41H28O27. The summed E-state index contributed by atoms with van der Waals surface area (Å²) in [6, 6.07) is 2.26. The van der Waals surface area contributed by atoms with Crippen LogP contribution in [0.2, 0.25) is 0 Å². The van der Waals surface area contributed by atoms with Crippen molar-refractivity contribution in [1.82, 2.24) is 0 Å². The molecule has 1 saturated heterocycles. The molecule has 5 aromatic rings. The van der Waals surface area contributed by atoms with Gasteiger partial charge in [-0.3, -0.25) is 0 Å². The Labute approximate surface area is 373 Å². The maximum atomic E-state index is 14.5. The van der Waals surface area contributed by atoms with Gasteiger partial charge in [0, 0.05) is 16.7 Å². The number of hydrogen-bond donors (Lipinski definition) is 16. The summed E-state index contributed by atoms with van der Waals surface area (Å²) in [5.41, 5.74) is -10.4. The van der Waals surface area contributed by atoms with Crippen molar-refractivity contribution in [3.8, 4) is 114 Å². The zero-order valence-electron chi connectivity index (χ0n) is 33.1. The molecule has 1 fully saturated rings. The number of esters is 5. The molecule has 0 radical (unpaired) electrons. The van der Waals surface area contributed by atoms with Gasteiger partial charge in [-0.15, -0.1) is 0 Å². The van der Waals surface area contributed by atoms with Crippen molar-refractivity contribution < 1.29 is 134 Å². The lowest BCUT2D eigenvalue weighted by Crippen LogP contribution is -2.63. The molecule has 0 spiro atoms. The molecule has 3 aliphatic rings. The Morgan fingerprint density at radius 3 is 1.28 bits per heavy atom. The van der Waals surface area contributed by atoms with E-state index in [4.69, 9.17) is 28.4 Å². The van der Waals surface area contributed by atoms with E-state index in [1.165, 1.54) is 0 Å². The van der Waals surface area contributed by atoms with Crippen molar-refractivity contribution >= 4 is 29.8 Å². The number of fused-ring (bicyclic) bond motifs is 9. The average molecular weight is 953 g/mol. The molecule has 0 aromatic heterocycles. The molecule has 0 bridgehead atoms. The topological polar surface area (TPSA) is 464 Å². The SMILES string of the molecule is O=C(OC1OC2COC(=O)c3cc(O)c(O)c(O)c3-c3c(O)c(O)c(O)c(O)c3C(=O)OC2C2OC(=O)c3cc(O)c(O)c(O)c3-c3c(cc(O)c(O)c3O)C(=O)OC12)c1cc(O)c(O)c(O)c1. The van der Waals surface area contributed by atoms with Crippen LogP contribution in [-0.4, -0.2) is 149 Å². The van der Waals surface area contributed by atoms with Crippen LogP contribution in [0.3, 0.4) is 0 Å². The van der Waals surface area contributed by atoms with Gasteiger partial charge in [0.2, 0.25) is 41.1 Å². The largest absolute Gasteiger partial charge is 0.504 e. The molecular weight excluding hydrogens is 924 g/mol. The van der Waals surface area contributed by atoms with Gasteiger partial charge in [-0.25, -0.2) is 24.0 Å². The number of rotatable bonds is 2. The molecule has 354 valence electrons. The predicted octanol–water partition coefficient (Wildman–Crippen LogP) is 1.35. The molecule has 5 aromatic carbocycles. The third-order valence-corrected chi connectivity index (χ3v) is 10.8. The van der Waals surface area contributed by atoms with Gasteiger partial charge < -0.3 is 110 Å². The molecule has 8 rings (SSSR count). The lowest BCUT2D eigenvalue weighted by molar-refractivity contribution is -0.282. The number of hydrogen-bond acceptors (Lipinski definition) is 27. The fourth-order valence-electron chi connectivity index (χ4n) is 7.51. The Bertz CT molecular complexity index is 3080. The second-order valence-corrected chi connectivity index (χ2v) is 14.7. The molecule has 5 atom stereocenters. The monoisotopic (exact) mass is 952 g/mol. The minimum atomic E-state index is -2.60. The van der Waals surface area contributed by atoms with Crippen LogP contribution in [-0.2, 0) is 28.4 Å². The Morgan fingerprint density at radius 1 is 0.412 bits per heavy atom. The first kappa shape index (κ1) is 44.8. The van der Waals surface area contributed by atoms with E-state index in [0.29, 0.717) is 30.3 Å². The first-order valence-corrected chi connectivity index (χ1v) is 18.7. The Morgan fingerprint density at radius 2 is 0.794 bits per heavy atom. The van der Waals surface area contributed by atoms with E-state index < -0.39 is 209 Å². The van der Waals surface area contributed by atoms with Crippen LogP contribution in [0.4, 0.5) is 0 Å². The van der Waals surface area contributed by atoms with Crippen LogP contribution in [0, 0.1) is 0 Å². The van der Waals surface area contributed by atoms with Crippen LogP contribution in [0.15, 0.2) is 30.3 Å². The van der Waals surface area contributed by atoms with Crippen LogP contribution in [0.1, 0.15) is 51.8 Å². The highest BCUT2D eigenvalue weighted by molar-refractivity contribution is 6.11. The molecule has 27 nitrogen and oxygen atoms in total. The van der Waals surface area contributed by atoms with Gasteiger partial charge in [0.05, 0.1) is 27.8 Å². The quantitative estimate of drug-likeness (QED) is 0.0514. The number of phenolic OH excluding ortho intramolecular Hbond substituents is 16. The smallest absolute Gasteiger partial charge is 0.343 e. The summed E-state index contributed by atoms with van der Waals surface area (Å²) in [5, 5.41) is 169. The van der Waals surface area contributed by atoms with Crippen molar-refractivity contribution in [2.24, 2.45) is 0 Å². The Hall–Kier alpha value is -9.79. The van der Waals surface area contributed by atoms with Crippen molar-refractivity contribution in [1.29, 1.82) is 0 Å². The zero-order chi connectivity index (χ0) is 49.7. The van der Waals surface area contributed by atoms with E-state index >= 15 is 0 Å². The van der Waals surface area contributed by atoms with E-state index in [1.807, 2.05) is 0 Å². The average Bonchev–Trinajstić information content (AvgIpc) is 3.30. The van der Waals surface area contributed by atoms with Gasteiger partial charge in [-0.2, -0.15) is 0 Å². The van der Waals surface area contributed by atoms with Crippen LogP contribution in [0.5, 0.6) is 92.0 Å². The highest BCUT2D eigenvalue weighted by Gasteiger charge is 2.56. The molecule has 27 heteroatoms. The van der Waals surface area contributed by atoms with Crippen molar-refractivity contribution in [3.05, 3.63) is 58.1 Å². The fraction of sp³-hybridized carbons (Fsp3) is 0.146. The van der Waals surface area contributed by atoms with E-state index in [0.717, 1.165) is 0 Å². The fourth-order valence-corrected chi connectivity index (χ4v) is 7.51. The summed E-state index contributed by atoms with van der Waals surface area (Å²) in [5.74, 6) is -31.5. The molecule has 68 heavy (non-hydrogen) atoms. The van der Waals surface area contributed by atoms with Gasteiger partial charge in [0.1, 0.15) is 18.3 Å². The normalized spacial score (nSPS) is 19.9. The van der Waals surface area contributed by atoms with Gasteiger partial charge >= 0.3 is 29.8 Å². The van der Waals surface area contributed by atoms with Crippen LogP contribution < -0.4 is 0 Å². The number of carbonyl (C=O) groups excluding carboxylic acids is 5. The highest BCUT2D eigenvalue weighted by Crippen LogP contribution is 2.57. The van der Waals surface area contributed by atoms with Crippen molar-refractivity contribution in [3.63, 3.8) is 0 Å². The molecule has 5 unspecified atom stereocenters. The number of carbonyl (C=O) groups is 5. The second kappa shape index (κ2) is 15.7. The molecule has 0 saturated carbocycles. The van der Waals surface area contributed by atoms with E-state index in [9.17, 15) is 106 Å². The molecule has 3 aliphatic heterocycles. The number of cyclic esters (lactones) is 1. The van der Waals surface area contributed by atoms with Gasteiger partial charge in [-0.05, 0) is 30.3 Å². The van der Waals surface area contributed by atoms with E-state index in [-0.39, 0.29) is 0 Å². The summed E-state index contributed by atoms with van der Waals surface area (Å²) >= 11 is 0. The van der Waals surface area contributed by atoms with E-state index in [2.05, 4.69) is 0 Å². The van der Waals surface area contributed by atoms with Crippen molar-refractivity contribution in [2.75, 3.05) is 6.61 Å². The highest BCUT2D eigenvalue weighted by atomic mass is 16.7. The predicted molar refractivity (Wildman–Crippen MR) is 209 cm³/mol. The van der Waals surface area contributed by atoms with Gasteiger partial charge in [-0.1, -0.05) is 0 Å². The second-order valence-electron chi connectivity index (χ2n) is 14.7. The lowest BCUT2D eigenvalue weighted by Gasteiger charge is -2.44. The summed E-state index contributed by atoms with van der Waals surface area (Å²) < 4.78 is 33.4. The summed E-state index contributed by atoms with van der Waals surface area (Å²) in [6.45, 7) is -1.32. The summed E-state index contributed by atoms with van der Waals surface area (Å²) in [7, 11) is 0. The number of phenols is 16. The first-order chi connectivity index (χ1) is 31.9. The maximum absolute atomic E-state index is 14.5. The third kappa shape index (κ3) is 6.76. The summed E-state index contributed by atoms with van der Waals surface area (Å²) in [4.78, 5) is 70.8. The molecule has 0 aliphatic carbocycles. The van der Waals surface area contributed by atoms with Crippen LogP contribution in [0.25, 0.3) is 22.3 Å². The molecule has 3 heterocycles. The standard InChI is InChI=1S/C41H28O27/c42-11-1-7(2-12(43)22(11)47)36(58)68-41-35-34(66-38(60)9-4-14(45)23(48)26(51)17(9)18-10(39(61)67-35)5-15(46)24(49)27(18)52)33-16(64-41)6-63-37(59)8-3-13(44)25(50)28(53)19(8)20-21(40(62)65-33)30(55)32(57)31(56)29(20)54/h1-5,16,33-35,41-57H,6H2.